The normalized spacial score (nSPS) is 10.9. The van der Waals surface area contributed by atoms with E-state index in [1.807, 2.05) is 0 Å². The van der Waals surface area contributed by atoms with Crippen LogP contribution in [0.1, 0.15) is 20.7 Å². The van der Waals surface area contributed by atoms with Gasteiger partial charge in [-0.2, -0.15) is 0 Å². The Bertz CT molecular complexity index is 1710. The third-order valence-corrected chi connectivity index (χ3v) is 5.98. The van der Waals surface area contributed by atoms with Crippen LogP contribution in [0.15, 0.2) is 84.9 Å². The number of nitrogens with zero attached hydrogens (tertiary/aromatic N) is 2. The van der Waals surface area contributed by atoms with Crippen molar-refractivity contribution in [1.29, 1.82) is 0 Å². The molecule has 1 aromatic heterocycles. The van der Waals surface area contributed by atoms with Crippen molar-refractivity contribution in [2.75, 3.05) is 0 Å². The van der Waals surface area contributed by atoms with Crippen molar-refractivity contribution in [3.8, 4) is 45.3 Å². The molecule has 7 nitrogen and oxygen atoms in total. The van der Waals surface area contributed by atoms with Gasteiger partial charge in [-0.3, -0.25) is 4.57 Å². The topological polar surface area (TPSA) is 113 Å². The minimum Gasteiger partial charge on any atom is -0.507 e. The SMILES string of the molecule is O=C(O)c1cc(C(=O)O)cc(-n2c(-c3cc(F)ccc3O)nc(-c3ccc(F)cc3)c2-c2ccc(F)cc2)c1. The molecule has 0 spiro atoms. The number of phenolic OH excluding ortho intramolecular Hbond substituents is 1. The molecule has 0 saturated carbocycles. The number of benzene rings is 4. The van der Waals surface area contributed by atoms with Gasteiger partial charge in [-0.1, -0.05) is 0 Å². The Morgan fingerprint density at radius 2 is 1.18 bits per heavy atom. The van der Waals surface area contributed by atoms with Gasteiger partial charge in [0.05, 0.1) is 28.1 Å². The Kier molecular flexibility index (Phi) is 6.37. The summed E-state index contributed by atoms with van der Waals surface area (Å²) in [5.74, 6) is -5.04. The number of phenols is 1. The molecule has 0 radical (unpaired) electrons. The first-order valence-electron chi connectivity index (χ1n) is 11.4. The van der Waals surface area contributed by atoms with Gasteiger partial charge in [0.15, 0.2) is 0 Å². The molecule has 4 aromatic carbocycles. The summed E-state index contributed by atoms with van der Waals surface area (Å²) >= 11 is 0. The number of hydrogen-bond acceptors (Lipinski definition) is 4. The van der Waals surface area contributed by atoms with E-state index in [0.29, 0.717) is 11.1 Å². The van der Waals surface area contributed by atoms with Crippen LogP contribution in [-0.2, 0) is 0 Å². The molecule has 5 rings (SSSR count). The number of carbonyl (C=O) groups is 2. The standard InChI is InChI=1S/C29H17F3N2O5/c30-19-5-1-15(2-6-19)25-26(16-3-7-20(31)8-4-16)34(27(33-25)23-14-21(32)9-10-24(23)35)22-12-17(28(36)37)11-18(13-22)29(38)39/h1-14,35H,(H,36,37)(H,38,39). The number of carboxylic acids is 2. The summed E-state index contributed by atoms with van der Waals surface area (Å²) in [4.78, 5) is 28.4. The van der Waals surface area contributed by atoms with Crippen molar-refractivity contribution >= 4 is 11.9 Å². The van der Waals surface area contributed by atoms with Gasteiger partial charge in [0, 0.05) is 16.8 Å². The molecule has 0 unspecified atom stereocenters. The molecule has 0 fully saturated rings. The van der Waals surface area contributed by atoms with E-state index in [0.717, 1.165) is 24.3 Å². The van der Waals surface area contributed by atoms with Crippen molar-refractivity contribution in [3.05, 3.63) is 114 Å². The predicted molar refractivity (Wildman–Crippen MR) is 135 cm³/mol. The summed E-state index contributed by atoms with van der Waals surface area (Å²) in [7, 11) is 0. The van der Waals surface area contributed by atoms with Crippen LogP contribution in [0.25, 0.3) is 39.6 Å². The van der Waals surface area contributed by atoms with Crippen LogP contribution < -0.4 is 0 Å². The maximum atomic E-state index is 14.4. The number of aromatic nitrogens is 2. The summed E-state index contributed by atoms with van der Waals surface area (Å²) in [6, 6.07) is 16.9. The minimum absolute atomic E-state index is 0.00569. The third kappa shape index (κ3) is 4.82. The highest BCUT2D eigenvalue weighted by Crippen LogP contribution is 2.41. The van der Waals surface area contributed by atoms with Gasteiger partial charge >= 0.3 is 11.9 Å². The van der Waals surface area contributed by atoms with Gasteiger partial charge in [0.1, 0.15) is 29.0 Å². The van der Waals surface area contributed by atoms with Crippen molar-refractivity contribution in [1.82, 2.24) is 9.55 Å². The van der Waals surface area contributed by atoms with Crippen LogP contribution in [0.2, 0.25) is 0 Å². The van der Waals surface area contributed by atoms with E-state index in [-0.39, 0.29) is 45.3 Å². The van der Waals surface area contributed by atoms with E-state index in [4.69, 9.17) is 0 Å². The number of aromatic carboxylic acids is 2. The number of rotatable bonds is 6. The molecular formula is C29H17F3N2O5. The van der Waals surface area contributed by atoms with Gasteiger partial charge in [-0.05, 0) is 84.9 Å². The van der Waals surface area contributed by atoms with Gasteiger partial charge < -0.3 is 15.3 Å². The number of aromatic hydroxyl groups is 1. The zero-order valence-electron chi connectivity index (χ0n) is 19.8. The third-order valence-electron chi connectivity index (χ3n) is 5.98. The fourth-order valence-corrected chi connectivity index (χ4v) is 4.21. The Balaban J connectivity index is 1.96. The maximum absolute atomic E-state index is 14.4. The van der Waals surface area contributed by atoms with E-state index in [1.165, 1.54) is 65.2 Å². The largest absolute Gasteiger partial charge is 0.507 e. The Morgan fingerprint density at radius 1 is 0.667 bits per heavy atom. The average Bonchev–Trinajstić information content (AvgIpc) is 3.31. The van der Waals surface area contributed by atoms with Crippen molar-refractivity contribution in [2.24, 2.45) is 0 Å². The summed E-state index contributed by atoms with van der Waals surface area (Å²) in [5, 5.41) is 30.0. The van der Waals surface area contributed by atoms with Crippen molar-refractivity contribution in [3.63, 3.8) is 0 Å². The second-order valence-electron chi connectivity index (χ2n) is 8.52. The number of imidazole rings is 1. The first-order chi connectivity index (χ1) is 18.6. The highest BCUT2D eigenvalue weighted by Gasteiger charge is 2.26. The fraction of sp³-hybridized carbons (Fsp3) is 0. The molecule has 1 heterocycles. The molecule has 194 valence electrons. The molecular weight excluding hydrogens is 513 g/mol. The molecule has 0 aliphatic heterocycles. The lowest BCUT2D eigenvalue weighted by molar-refractivity contribution is 0.0696. The highest BCUT2D eigenvalue weighted by atomic mass is 19.1. The number of halogens is 3. The predicted octanol–water partition coefficient (Wildman–Crippen LogP) is 6.39. The summed E-state index contributed by atoms with van der Waals surface area (Å²) in [6.07, 6.45) is 0. The summed E-state index contributed by atoms with van der Waals surface area (Å²) in [5.41, 5.74) is 0.359. The van der Waals surface area contributed by atoms with Crippen LogP contribution in [0.5, 0.6) is 5.75 Å². The second kappa shape index (κ2) is 9.82. The van der Waals surface area contributed by atoms with E-state index in [2.05, 4.69) is 4.98 Å². The van der Waals surface area contributed by atoms with Crippen molar-refractivity contribution in [2.45, 2.75) is 0 Å². The van der Waals surface area contributed by atoms with E-state index >= 15 is 0 Å². The fourth-order valence-electron chi connectivity index (χ4n) is 4.21. The molecule has 10 heteroatoms. The summed E-state index contributed by atoms with van der Waals surface area (Å²) < 4.78 is 43.4. The first kappa shape index (κ1) is 25.3. The molecule has 0 aliphatic rings. The smallest absolute Gasteiger partial charge is 0.335 e. The molecule has 0 amide bonds. The van der Waals surface area contributed by atoms with Gasteiger partial charge in [0.2, 0.25) is 0 Å². The molecule has 0 saturated heterocycles. The molecule has 5 aromatic rings. The van der Waals surface area contributed by atoms with Crippen LogP contribution in [0.4, 0.5) is 13.2 Å². The van der Waals surface area contributed by atoms with Crippen LogP contribution in [0, 0.1) is 17.5 Å². The average molecular weight is 530 g/mol. The summed E-state index contributed by atoms with van der Waals surface area (Å²) in [6.45, 7) is 0. The monoisotopic (exact) mass is 530 g/mol. The van der Waals surface area contributed by atoms with Crippen LogP contribution >= 0.6 is 0 Å². The zero-order valence-corrected chi connectivity index (χ0v) is 19.8. The lowest BCUT2D eigenvalue weighted by Crippen LogP contribution is -2.07. The minimum atomic E-state index is -1.41. The van der Waals surface area contributed by atoms with E-state index in [9.17, 15) is 38.1 Å². The van der Waals surface area contributed by atoms with Crippen molar-refractivity contribution < 1.29 is 38.1 Å². The second-order valence-corrected chi connectivity index (χ2v) is 8.52. The maximum Gasteiger partial charge on any atom is 0.335 e. The molecule has 0 aliphatic carbocycles. The quantitative estimate of drug-likeness (QED) is 0.234. The van der Waals surface area contributed by atoms with Crippen LogP contribution in [-0.4, -0.2) is 36.8 Å². The van der Waals surface area contributed by atoms with Gasteiger partial charge in [-0.15, -0.1) is 0 Å². The lowest BCUT2D eigenvalue weighted by atomic mass is 10.0. The molecule has 39 heavy (non-hydrogen) atoms. The van der Waals surface area contributed by atoms with E-state index in [1.54, 1.807) is 0 Å². The Hall–Kier alpha value is -5.38. The first-order valence-corrected chi connectivity index (χ1v) is 11.4. The lowest BCUT2D eigenvalue weighted by Gasteiger charge is -2.16. The number of carboxylic acid groups (broad SMARTS) is 2. The molecule has 0 atom stereocenters. The Morgan fingerprint density at radius 3 is 1.72 bits per heavy atom. The Labute approximate surface area is 218 Å². The van der Waals surface area contributed by atoms with Crippen LogP contribution in [0.3, 0.4) is 0 Å². The number of hydrogen-bond donors (Lipinski definition) is 3. The van der Waals surface area contributed by atoms with E-state index < -0.39 is 29.4 Å². The highest BCUT2D eigenvalue weighted by molar-refractivity contribution is 5.95. The van der Waals surface area contributed by atoms with Gasteiger partial charge in [0.25, 0.3) is 0 Å². The molecule has 0 bridgehead atoms. The zero-order chi connectivity index (χ0) is 27.8. The van der Waals surface area contributed by atoms with Gasteiger partial charge in [-0.25, -0.2) is 27.7 Å². The molecule has 3 N–H and O–H groups in total.